The number of nitrogens with one attached hydrogen (secondary N) is 1. The minimum atomic E-state index is -0.699. The number of nitrogens with two attached hydrogens (primary N) is 2. The zero-order valence-corrected chi connectivity index (χ0v) is 24.4. The number of nitrogen functional groups attached to an aromatic ring is 1. The maximum atomic E-state index is 12.4. The first kappa shape index (κ1) is 33.0. The molecule has 0 fully saturated rings. The van der Waals surface area contributed by atoms with Crippen LogP contribution in [0, 0.1) is 11.8 Å². The smallest absolute Gasteiger partial charge is 0.323 e. The molecule has 0 amide bonds. The van der Waals surface area contributed by atoms with Crippen LogP contribution < -0.4 is 17.0 Å². The molecular formula is C29H48N6O5. The SMILES string of the molecule is CCCCC=CCCCCCCCC(=O)OC[C@H](CCOC(=O)[C@@H](N)C(C)C)Cn1cnc2c(=O)[nH]c(N)nc21. The quantitative estimate of drug-likeness (QED) is 0.122. The Morgan fingerprint density at radius 1 is 1.07 bits per heavy atom. The monoisotopic (exact) mass is 560 g/mol. The molecule has 0 radical (unpaired) electrons. The number of rotatable bonds is 20. The van der Waals surface area contributed by atoms with E-state index < -0.39 is 17.6 Å². The summed E-state index contributed by atoms with van der Waals surface area (Å²) in [6, 6.07) is -0.699. The van der Waals surface area contributed by atoms with Gasteiger partial charge < -0.3 is 25.5 Å². The summed E-state index contributed by atoms with van der Waals surface area (Å²) in [4.78, 5) is 47.5. The van der Waals surface area contributed by atoms with E-state index in [1.165, 1.54) is 32.0 Å². The van der Waals surface area contributed by atoms with Gasteiger partial charge in [0.15, 0.2) is 11.2 Å². The number of esters is 2. The van der Waals surface area contributed by atoms with Gasteiger partial charge in [-0.25, -0.2) is 4.98 Å². The number of hydrogen-bond acceptors (Lipinski definition) is 9. The highest BCUT2D eigenvalue weighted by molar-refractivity contribution is 5.75. The van der Waals surface area contributed by atoms with Crippen molar-refractivity contribution >= 4 is 29.1 Å². The van der Waals surface area contributed by atoms with Gasteiger partial charge in [0.2, 0.25) is 5.95 Å². The number of carbonyl (C=O) groups is 2. The molecular weight excluding hydrogens is 512 g/mol. The van der Waals surface area contributed by atoms with Crippen LogP contribution in [-0.2, 0) is 25.6 Å². The number of imidazole rings is 1. The van der Waals surface area contributed by atoms with Gasteiger partial charge in [-0.2, -0.15) is 4.98 Å². The van der Waals surface area contributed by atoms with E-state index >= 15 is 0 Å². The first-order valence-electron chi connectivity index (χ1n) is 14.7. The summed E-state index contributed by atoms with van der Waals surface area (Å²) in [5.74, 6) is -0.979. The highest BCUT2D eigenvalue weighted by Gasteiger charge is 2.21. The molecule has 0 aliphatic heterocycles. The lowest BCUT2D eigenvalue weighted by atomic mass is 10.1. The molecule has 2 atom stereocenters. The number of ether oxygens (including phenoxy) is 2. The van der Waals surface area contributed by atoms with Crippen molar-refractivity contribution in [3.05, 3.63) is 28.8 Å². The van der Waals surface area contributed by atoms with Crippen LogP contribution in [0.25, 0.3) is 11.2 Å². The largest absolute Gasteiger partial charge is 0.465 e. The minimum absolute atomic E-state index is 0.0118. The second-order valence-electron chi connectivity index (χ2n) is 10.7. The molecule has 0 aliphatic carbocycles. The maximum Gasteiger partial charge on any atom is 0.323 e. The first-order valence-corrected chi connectivity index (χ1v) is 14.7. The van der Waals surface area contributed by atoms with Crippen molar-refractivity contribution < 1.29 is 19.1 Å². The van der Waals surface area contributed by atoms with E-state index in [2.05, 4.69) is 34.0 Å². The Bertz CT molecular complexity index is 1130. The Morgan fingerprint density at radius 3 is 2.50 bits per heavy atom. The second kappa shape index (κ2) is 18.2. The predicted molar refractivity (Wildman–Crippen MR) is 156 cm³/mol. The number of hydrogen-bond donors (Lipinski definition) is 3. The molecule has 2 aromatic heterocycles. The van der Waals surface area contributed by atoms with E-state index in [-0.39, 0.29) is 42.5 Å². The average Bonchev–Trinajstić information content (AvgIpc) is 3.32. The van der Waals surface area contributed by atoms with Gasteiger partial charge in [0, 0.05) is 18.9 Å². The number of aromatic amines is 1. The molecule has 40 heavy (non-hydrogen) atoms. The molecule has 0 aromatic carbocycles. The number of aromatic nitrogens is 4. The van der Waals surface area contributed by atoms with Gasteiger partial charge in [0.05, 0.1) is 19.5 Å². The van der Waals surface area contributed by atoms with Crippen LogP contribution in [0.3, 0.4) is 0 Å². The summed E-state index contributed by atoms with van der Waals surface area (Å²) in [7, 11) is 0. The second-order valence-corrected chi connectivity index (χ2v) is 10.7. The number of allylic oxidation sites excluding steroid dienone is 2. The predicted octanol–water partition coefficient (Wildman–Crippen LogP) is 4.25. The molecule has 11 nitrogen and oxygen atoms in total. The maximum absolute atomic E-state index is 12.4. The average molecular weight is 561 g/mol. The van der Waals surface area contributed by atoms with Crippen LogP contribution >= 0.6 is 0 Å². The van der Waals surface area contributed by atoms with Crippen molar-refractivity contribution in [2.45, 2.75) is 104 Å². The van der Waals surface area contributed by atoms with Gasteiger partial charge >= 0.3 is 11.9 Å². The van der Waals surface area contributed by atoms with E-state index in [0.717, 1.165) is 32.1 Å². The van der Waals surface area contributed by atoms with E-state index in [0.29, 0.717) is 25.0 Å². The lowest BCUT2D eigenvalue weighted by molar-refractivity contribution is -0.149. The van der Waals surface area contributed by atoms with E-state index in [4.69, 9.17) is 20.9 Å². The number of carbonyl (C=O) groups excluding carboxylic acids is 2. The summed E-state index contributed by atoms with van der Waals surface area (Å²) in [5, 5.41) is 0. The molecule has 224 valence electrons. The summed E-state index contributed by atoms with van der Waals surface area (Å²) in [6.45, 7) is 6.51. The zero-order chi connectivity index (χ0) is 29.3. The van der Waals surface area contributed by atoms with Gasteiger partial charge in [0.1, 0.15) is 6.04 Å². The normalized spacial score (nSPS) is 13.2. The highest BCUT2D eigenvalue weighted by atomic mass is 16.5. The van der Waals surface area contributed by atoms with Crippen molar-refractivity contribution in [2.24, 2.45) is 17.6 Å². The third-order valence-electron chi connectivity index (χ3n) is 6.83. The molecule has 2 rings (SSSR count). The summed E-state index contributed by atoms with van der Waals surface area (Å²) in [6.07, 6.45) is 16.8. The van der Waals surface area contributed by atoms with Crippen molar-refractivity contribution in [1.29, 1.82) is 0 Å². The van der Waals surface area contributed by atoms with E-state index in [1.54, 1.807) is 4.57 Å². The Hall–Kier alpha value is -3.21. The minimum Gasteiger partial charge on any atom is -0.465 e. The number of fused-ring (bicyclic) bond motifs is 1. The Kier molecular flexibility index (Phi) is 15.0. The van der Waals surface area contributed by atoms with Crippen LogP contribution in [0.1, 0.15) is 91.4 Å². The van der Waals surface area contributed by atoms with Gasteiger partial charge in [-0.3, -0.25) is 19.4 Å². The van der Waals surface area contributed by atoms with Gasteiger partial charge in [-0.15, -0.1) is 0 Å². The fraction of sp³-hybridized carbons (Fsp3) is 0.690. The van der Waals surface area contributed by atoms with Crippen molar-refractivity contribution in [3.8, 4) is 0 Å². The Morgan fingerprint density at radius 2 is 1.77 bits per heavy atom. The van der Waals surface area contributed by atoms with E-state index in [9.17, 15) is 14.4 Å². The van der Waals surface area contributed by atoms with Crippen LogP contribution in [0.5, 0.6) is 0 Å². The summed E-state index contributed by atoms with van der Waals surface area (Å²) >= 11 is 0. The molecule has 0 unspecified atom stereocenters. The molecule has 11 heteroatoms. The molecule has 2 aromatic rings. The van der Waals surface area contributed by atoms with Crippen LogP contribution in [-0.4, -0.2) is 50.7 Å². The van der Waals surface area contributed by atoms with E-state index in [1.807, 2.05) is 13.8 Å². The third-order valence-corrected chi connectivity index (χ3v) is 6.83. The molecule has 0 spiro atoms. The number of unbranched alkanes of at least 4 members (excludes halogenated alkanes) is 7. The lowest BCUT2D eigenvalue weighted by Crippen LogP contribution is -2.37. The van der Waals surface area contributed by atoms with Crippen molar-refractivity contribution in [1.82, 2.24) is 19.5 Å². The molecule has 0 bridgehead atoms. The van der Waals surface area contributed by atoms with Crippen LogP contribution in [0.2, 0.25) is 0 Å². The Labute approximate surface area is 237 Å². The number of anilines is 1. The van der Waals surface area contributed by atoms with Crippen molar-refractivity contribution in [2.75, 3.05) is 18.9 Å². The zero-order valence-electron chi connectivity index (χ0n) is 24.4. The molecule has 0 saturated carbocycles. The molecule has 0 saturated heterocycles. The number of nitrogens with zero attached hydrogens (tertiary/aromatic N) is 3. The molecule has 5 N–H and O–H groups in total. The van der Waals surface area contributed by atoms with Gasteiger partial charge in [-0.05, 0) is 38.0 Å². The standard InChI is InChI=1S/C29H48N6O5/c1-4-5-6-7-8-9-10-11-12-13-14-15-23(36)40-19-22(16-17-39-28(38)24(30)21(2)3)18-35-20-32-25-26(35)33-29(31)34-27(25)37/h7-8,20-22,24H,4-6,9-19,30H2,1-3H3,(H3,31,33,34,37)/t22-,24+/m1/s1. The number of H-pyrrole nitrogens is 1. The van der Waals surface area contributed by atoms with Gasteiger partial charge in [-0.1, -0.05) is 65.0 Å². The Balaban J connectivity index is 1.82. The molecule has 0 aliphatic rings. The first-order chi connectivity index (χ1) is 19.2. The highest BCUT2D eigenvalue weighted by Crippen LogP contribution is 2.15. The van der Waals surface area contributed by atoms with Crippen LogP contribution in [0.15, 0.2) is 23.3 Å². The van der Waals surface area contributed by atoms with Crippen molar-refractivity contribution in [3.63, 3.8) is 0 Å². The lowest BCUT2D eigenvalue weighted by Gasteiger charge is -2.19. The molecule has 2 heterocycles. The van der Waals surface area contributed by atoms with Crippen LogP contribution in [0.4, 0.5) is 5.95 Å². The fourth-order valence-corrected chi connectivity index (χ4v) is 4.21. The topological polar surface area (TPSA) is 168 Å². The summed E-state index contributed by atoms with van der Waals surface area (Å²) in [5.41, 5.74) is 11.7. The fourth-order valence-electron chi connectivity index (χ4n) is 4.21. The third kappa shape index (κ3) is 11.9. The van der Waals surface area contributed by atoms with Gasteiger partial charge in [0.25, 0.3) is 5.56 Å². The summed E-state index contributed by atoms with van der Waals surface area (Å²) < 4.78 is 12.6.